The summed E-state index contributed by atoms with van der Waals surface area (Å²) >= 11 is 0. The second kappa shape index (κ2) is 5.21. The number of hydrogen-bond acceptors (Lipinski definition) is 4. The minimum Gasteiger partial charge on any atom is -0.497 e. The fraction of sp³-hybridized carbons (Fsp3) is 0.533. The monoisotopic (exact) mass is 264 g/mol. The number of benzene rings is 1. The molecule has 1 aromatic rings. The molecule has 0 spiro atoms. The zero-order chi connectivity index (χ0) is 14.0. The predicted octanol–water partition coefficient (Wildman–Crippen LogP) is 2.26. The summed E-state index contributed by atoms with van der Waals surface area (Å²) in [7, 11) is 3.27. The van der Waals surface area contributed by atoms with E-state index < -0.39 is 0 Å². The fourth-order valence-corrected chi connectivity index (χ4v) is 2.84. The summed E-state index contributed by atoms with van der Waals surface area (Å²) in [5.74, 6) is 1.69. The largest absolute Gasteiger partial charge is 0.497 e. The van der Waals surface area contributed by atoms with Crippen molar-refractivity contribution in [1.82, 2.24) is 0 Å². The summed E-state index contributed by atoms with van der Waals surface area (Å²) < 4.78 is 16.1. The Morgan fingerprint density at radius 2 is 2.00 bits per heavy atom. The molecular formula is C15H20O4. The second-order valence-corrected chi connectivity index (χ2v) is 5.17. The zero-order valence-electron chi connectivity index (χ0n) is 11.9. The number of ether oxygens (including phenoxy) is 3. The quantitative estimate of drug-likeness (QED) is 0.818. The van der Waals surface area contributed by atoms with Crippen molar-refractivity contribution in [2.45, 2.75) is 25.7 Å². The first kappa shape index (κ1) is 13.9. The molecule has 0 aromatic heterocycles. The number of Topliss-reactive ketones (excluding diaryl/α,β-unsaturated/α-hetero) is 1. The summed E-state index contributed by atoms with van der Waals surface area (Å²) in [6, 6.07) is 3.83. The molecule has 0 aliphatic carbocycles. The van der Waals surface area contributed by atoms with Crippen LogP contribution in [0.15, 0.2) is 12.1 Å². The van der Waals surface area contributed by atoms with Crippen LogP contribution in [-0.2, 0) is 14.9 Å². The van der Waals surface area contributed by atoms with E-state index in [1.807, 2.05) is 19.1 Å². The average Bonchev–Trinajstić information content (AvgIpc) is 2.33. The van der Waals surface area contributed by atoms with Crippen molar-refractivity contribution < 1.29 is 19.0 Å². The van der Waals surface area contributed by atoms with Crippen LogP contribution in [0.3, 0.4) is 0 Å². The van der Waals surface area contributed by atoms with E-state index in [1.54, 1.807) is 21.1 Å². The molecule has 0 saturated carbocycles. The third-order valence-corrected chi connectivity index (χ3v) is 3.60. The highest BCUT2D eigenvalue weighted by Crippen LogP contribution is 2.44. The van der Waals surface area contributed by atoms with Gasteiger partial charge in [-0.05, 0) is 25.5 Å². The molecule has 19 heavy (non-hydrogen) atoms. The number of ketones is 1. The number of hydrogen-bond donors (Lipinski definition) is 0. The van der Waals surface area contributed by atoms with Gasteiger partial charge >= 0.3 is 0 Å². The van der Waals surface area contributed by atoms with Crippen molar-refractivity contribution >= 4 is 5.78 Å². The topological polar surface area (TPSA) is 44.8 Å². The summed E-state index contributed by atoms with van der Waals surface area (Å²) in [6.45, 7) is 4.76. The van der Waals surface area contributed by atoms with Gasteiger partial charge in [-0.3, -0.25) is 4.79 Å². The van der Waals surface area contributed by atoms with Gasteiger partial charge < -0.3 is 14.2 Å². The van der Waals surface area contributed by atoms with Crippen LogP contribution in [0.25, 0.3) is 0 Å². The first-order valence-electron chi connectivity index (χ1n) is 6.33. The lowest BCUT2D eigenvalue weighted by molar-refractivity contribution is -0.125. The summed E-state index contributed by atoms with van der Waals surface area (Å²) in [5, 5.41) is 0. The molecule has 0 atom stereocenters. The third kappa shape index (κ3) is 2.45. The molecule has 1 aromatic carbocycles. The van der Waals surface area contributed by atoms with E-state index in [1.165, 1.54) is 0 Å². The van der Waals surface area contributed by atoms with Crippen LogP contribution < -0.4 is 9.47 Å². The van der Waals surface area contributed by atoms with Crippen LogP contribution in [0.5, 0.6) is 11.5 Å². The molecule has 1 fully saturated rings. The Morgan fingerprint density at radius 1 is 1.32 bits per heavy atom. The number of rotatable bonds is 5. The maximum atomic E-state index is 11.5. The highest BCUT2D eigenvalue weighted by Gasteiger charge is 2.44. The molecule has 1 aliphatic rings. The molecule has 1 heterocycles. The highest BCUT2D eigenvalue weighted by molar-refractivity contribution is 5.78. The molecule has 0 radical (unpaired) electrons. The molecule has 0 bridgehead atoms. The first-order chi connectivity index (χ1) is 9.02. The van der Waals surface area contributed by atoms with Gasteiger partial charge in [0.2, 0.25) is 0 Å². The fourth-order valence-electron chi connectivity index (χ4n) is 2.84. The van der Waals surface area contributed by atoms with E-state index >= 15 is 0 Å². The van der Waals surface area contributed by atoms with Crippen molar-refractivity contribution in [3.05, 3.63) is 23.3 Å². The van der Waals surface area contributed by atoms with Crippen LogP contribution >= 0.6 is 0 Å². The molecule has 0 N–H and O–H groups in total. The number of methoxy groups -OCH3 is 2. The van der Waals surface area contributed by atoms with E-state index in [4.69, 9.17) is 14.2 Å². The van der Waals surface area contributed by atoms with Gasteiger partial charge in [0.15, 0.2) is 0 Å². The van der Waals surface area contributed by atoms with Gasteiger partial charge in [0.25, 0.3) is 0 Å². The molecule has 0 amide bonds. The molecule has 2 rings (SSSR count). The molecule has 1 saturated heterocycles. The van der Waals surface area contributed by atoms with Crippen molar-refractivity contribution in [3.8, 4) is 11.5 Å². The predicted molar refractivity (Wildman–Crippen MR) is 72.1 cm³/mol. The van der Waals surface area contributed by atoms with Crippen LogP contribution in [0, 0.1) is 6.92 Å². The minimum atomic E-state index is -0.243. The lowest BCUT2D eigenvalue weighted by atomic mass is 9.72. The SMILES string of the molecule is COc1cc(C)c(C2(CC(C)=O)COC2)c(OC)c1. The lowest BCUT2D eigenvalue weighted by Crippen LogP contribution is -2.48. The van der Waals surface area contributed by atoms with E-state index in [0.29, 0.717) is 19.6 Å². The van der Waals surface area contributed by atoms with E-state index in [9.17, 15) is 4.79 Å². The van der Waals surface area contributed by atoms with E-state index in [-0.39, 0.29) is 11.2 Å². The van der Waals surface area contributed by atoms with Gasteiger partial charge in [0, 0.05) is 18.1 Å². The maximum absolute atomic E-state index is 11.5. The normalized spacial score (nSPS) is 16.6. The van der Waals surface area contributed by atoms with Gasteiger partial charge in [-0.25, -0.2) is 0 Å². The summed E-state index contributed by atoms with van der Waals surface area (Å²) in [6.07, 6.45) is 0.483. The molecule has 104 valence electrons. The summed E-state index contributed by atoms with van der Waals surface area (Å²) in [5.41, 5.74) is 1.89. The van der Waals surface area contributed by atoms with E-state index in [0.717, 1.165) is 22.6 Å². The van der Waals surface area contributed by atoms with Gasteiger partial charge in [0.1, 0.15) is 17.3 Å². The Labute approximate surface area is 113 Å². The highest BCUT2D eigenvalue weighted by atomic mass is 16.5. The van der Waals surface area contributed by atoms with Crippen molar-refractivity contribution in [1.29, 1.82) is 0 Å². The van der Waals surface area contributed by atoms with Gasteiger partial charge in [0.05, 0.1) is 32.8 Å². The maximum Gasteiger partial charge on any atom is 0.130 e. The van der Waals surface area contributed by atoms with Crippen molar-refractivity contribution in [3.63, 3.8) is 0 Å². The Morgan fingerprint density at radius 3 is 2.42 bits per heavy atom. The summed E-state index contributed by atoms with van der Waals surface area (Å²) in [4.78, 5) is 11.5. The van der Waals surface area contributed by atoms with Crippen LogP contribution in [0.4, 0.5) is 0 Å². The number of carbonyl (C=O) groups excluding carboxylic acids is 1. The molecule has 4 heteroatoms. The number of aryl methyl sites for hydroxylation is 1. The first-order valence-corrected chi connectivity index (χ1v) is 6.33. The van der Waals surface area contributed by atoms with Gasteiger partial charge in [-0.2, -0.15) is 0 Å². The lowest BCUT2D eigenvalue weighted by Gasteiger charge is -2.43. The Kier molecular flexibility index (Phi) is 3.80. The van der Waals surface area contributed by atoms with Gasteiger partial charge in [-0.15, -0.1) is 0 Å². The van der Waals surface area contributed by atoms with Crippen LogP contribution in [0.2, 0.25) is 0 Å². The Hall–Kier alpha value is -1.55. The molecule has 0 unspecified atom stereocenters. The smallest absolute Gasteiger partial charge is 0.130 e. The standard InChI is InChI=1S/C15H20O4/c1-10-5-12(17-3)6-13(18-4)14(10)15(7-11(2)16)8-19-9-15/h5-6H,7-9H2,1-4H3. The van der Waals surface area contributed by atoms with Gasteiger partial charge in [-0.1, -0.05) is 0 Å². The second-order valence-electron chi connectivity index (χ2n) is 5.17. The minimum absolute atomic E-state index is 0.167. The molecule has 1 aliphatic heterocycles. The zero-order valence-corrected chi connectivity index (χ0v) is 11.9. The Bertz CT molecular complexity index is 489. The molecular weight excluding hydrogens is 244 g/mol. The number of carbonyl (C=O) groups is 1. The van der Waals surface area contributed by atoms with Crippen molar-refractivity contribution in [2.75, 3.05) is 27.4 Å². The average molecular weight is 264 g/mol. The third-order valence-electron chi connectivity index (χ3n) is 3.60. The van der Waals surface area contributed by atoms with Crippen molar-refractivity contribution in [2.24, 2.45) is 0 Å². The van der Waals surface area contributed by atoms with E-state index in [2.05, 4.69) is 0 Å². The molecule has 4 nitrogen and oxygen atoms in total. The van der Waals surface area contributed by atoms with Crippen LogP contribution in [0.1, 0.15) is 24.5 Å². The Balaban J connectivity index is 2.50. The van der Waals surface area contributed by atoms with Crippen LogP contribution in [-0.4, -0.2) is 33.2 Å².